The molecular weight excluding hydrogens is 414 g/mol. The van der Waals surface area contributed by atoms with Crippen molar-refractivity contribution in [1.82, 2.24) is 9.55 Å². The van der Waals surface area contributed by atoms with E-state index in [4.69, 9.17) is 10.5 Å². The maximum Gasteiger partial charge on any atom is 0.338 e. The van der Waals surface area contributed by atoms with Crippen LogP contribution in [0.4, 0.5) is 17.3 Å². The molecule has 0 bridgehead atoms. The predicted molar refractivity (Wildman–Crippen MR) is 120 cm³/mol. The van der Waals surface area contributed by atoms with E-state index in [-0.39, 0.29) is 23.1 Å². The first-order valence-electron chi connectivity index (χ1n) is 9.69. The number of nitrogens with two attached hydrogens (primary N) is 1. The number of esters is 1. The number of hydrogen-bond acceptors (Lipinski definition) is 7. The van der Waals surface area contributed by atoms with Gasteiger partial charge in [-0.15, -0.1) is 0 Å². The Morgan fingerprint density at radius 3 is 2.53 bits per heavy atom. The molecule has 10 nitrogen and oxygen atoms in total. The number of carbonyl (C=O) groups is 2. The van der Waals surface area contributed by atoms with E-state index in [9.17, 15) is 19.7 Å². The minimum atomic E-state index is -0.684. The molecule has 166 valence electrons. The van der Waals surface area contributed by atoms with Crippen molar-refractivity contribution < 1.29 is 19.2 Å². The molecule has 0 fully saturated rings. The van der Waals surface area contributed by atoms with Gasteiger partial charge in [0.05, 0.1) is 27.6 Å². The smallest absolute Gasteiger partial charge is 0.338 e. The molecule has 0 atom stereocenters. The van der Waals surface area contributed by atoms with Gasteiger partial charge in [-0.05, 0) is 39.0 Å². The van der Waals surface area contributed by atoms with Gasteiger partial charge in [0.25, 0.3) is 5.69 Å². The quantitative estimate of drug-likeness (QED) is 0.349. The normalized spacial score (nSPS) is 11.1. The lowest BCUT2D eigenvalue weighted by Gasteiger charge is -2.20. The van der Waals surface area contributed by atoms with Crippen LogP contribution >= 0.6 is 0 Å². The van der Waals surface area contributed by atoms with Crippen molar-refractivity contribution in [1.29, 1.82) is 0 Å². The number of nitrogens with zero attached hydrogens (tertiary/aromatic N) is 3. The summed E-state index contributed by atoms with van der Waals surface area (Å²) in [5, 5.41) is 13.8. The molecule has 1 heterocycles. The van der Waals surface area contributed by atoms with Crippen LogP contribution in [0.25, 0.3) is 16.9 Å². The molecule has 0 aliphatic rings. The Labute approximate surface area is 184 Å². The number of amides is 1. The van der Waals surface area contributed by atoms with Crippen LogP contribution in [0.5, 0.6) is 0 Å². The van der Waals surface area contributed by atoms with E-state index in [1.165, 1.54) is 35.8 Å². The Morgan fingerprint density at radius 2 is 1.91 bits per heavy atom. The second-order valence-electron chi connectivity index (χ2n) is 8.08. The van der Waals surface area contributed by atoms with Crippen LogP contribution in [0.1, 0.15) is 38.1 Å². The van der Waals surface area contributed by atoms with Gasteiger partial charge in [0.15, 0.2) is 0 Å². The lowest BCUT2D eigenvalue weighted by molar-refractivity contribution is -0.384. The first-order valence-corrected chi connectivity index (χ1v) is 9.69. The second-order valence-corrected chi connectivity index (χ2v) is 8.08. The number of nitro groups is 1. The van der Waals surface area contributed by atoms with E-state index in [1.807, 2.05) is 0 Å². The van der Waals surface area contributed by atoms with Crippen LogP contribution in [-0.2, 0) is 9.53 Å². The number of anilines is 2. The first kappa shape index (κ1) is 22.5. The summed E-state index contributed by atoms with van der Waals surface area (Å²) in [6.45, 7) is 6.64. The van der Waals surface area contributed by atoms with Gasteiger partial charge in [-0.1, -0.05) is 12.1 Å². The fraction of sp³-hybridized carbons (Fsp3) is 0.227. The zero-order valence-corrected chi connectivity index (χ0v) is 18.1. The molecule has 3 rings (SSSR count). The summed E-state index contributed by atoms with van der Waals surface area (Å²) >= 11 is 0. The molecule has 0 aliphatic carbocycles. The van der Waals surface area contributed by atoms with E-state index in [0.29, 0.717) is 22.6 Å². The van der Waals surface area contributed by atoms with Crippen molar-refractivity contribution in [2.24, 2.45) is 0 Å². The molecular formula is C22H23N5O5. The molecule has 3 N–H and O–H groups in total. The molecule has 0 saturated heterocycles. The van der Waals surface area contributed by atoms with Crippen molar-refractivity contribution in [2.75, 3.05) is 11.1 Å². The molecule has 1 amide bonds. The number of benzene rings is 2. The highest BCUT2D eigenvalue weighted by Gasteiger charge is 2.21. The number of hydrogen-bond donors (Lipinski definition) is 2. The highest BCUT2D eigenvalue weighted by molar-refractivity contribution is 5.95. The summed E-state index contributed by atoms with van der Waals surface area (Å²) in [4.78, 5) is 39.2. The maximum absolute atomic E-state index is 12.6. The minimum absolute atomic E-state index is 0.0689. The number of imidazole rings is 1. The number of rotatable bonds is 5. The zero-order chi connectivity index (χ0) is 23.6. The van der Waals surface area contributed by atoms with Gasteiger partial charge < -0.3 is 15.8 Å². The maximum atomic E-state index is 12.6. The van der Waals surface area contributed by atoms with Gasteiger partial charge in [0, 0.05) is 30.8 Å². The number of ether oxygens (including phenoxy) is 1. The van der Waals surface area contributed by atoms with Crippen LogP contribution < -0.4 is 11.1 Å². The van der Waals surface area contributed by atoms with Crippen molar-refractivity contribution in [3.8, 4) is 16.9 Å². The summed E-state index contributed by atoms with van der Waals surface area (Å²) in [6, 6.07) is 10.6. The van der Waals surface area contributed by atoms with Crippen molar-refractivity contribution in [3.05, 3.63) is 64.3 Å². The number of aromatic nitrogens is 2. The van der Waals surface area contributed by atoms with E-state index in [2.05, 4.69) is 10.3 Å². The minimum Gasteiger partial charge on any atom is -0.456 e. The third kappa shape index (κ3) is 5.09. The standard InChI is InChI=1S/C22H23N5O5/c1-13(28)24-17-9-8-15(20(29)32-22(2,3)4)11-19(17)26-12-18(25-21(26)23)14-6-5-7-16(10-14)27(30)31/h5-12H,1-4H3,(H2,23,25)(H,24,28). The molecule has 1 aromatic heterocycles. The highest BCUT2D eigenvalue weighted by Crippen LogP contribution is 2.30. The highest BCUT2D eigenvalue weighted by atomic mass is 16.6. The fourth-order valence-corrected chi connectivity index (χ4v) is 3.00. The summed E-state index contributed by atoms with van der Waals surface area (Å²) in [6.07, 6.45) is 1.58. The SMILES string of the molecule is CC(=O)Nc1ccc(C(=O)OC(C)(C)C)cc1-n1cc(-c2cccc([N+](=O)[O-])c2)nc1N. The Bertz CT molecular complexity index is 1210. The lowest BCUT2D eigenvalue weighted by atomic mass is 10.1. The summed E-state index contributed by atoms with van der Waals surface area (Å²) < 4.78 is 6.92. The third-order valence-electron chi connectivity index (χ3n) is 4.29. The van der Waals surface area contributed by atoms with Gasteiger partial charge in [0.1, 0.15) is 5.60 Å². The molecule has 3 aromatic rings. The van der Waals surface area contributed by atoms with Crippen LogP contribution in [0.3, 0.4) is 0 Å². The lowest BCUT2D eigenvalue weighted by Crippen LogP contribution is -2.24. The Morgan fingerprint density at radius 1 is 1.19 bits per heavy atom. The van der Waals surface area contributed by atoms with E-state index >= 15 is 0 Å². The second kappa shape index (κ2) is 8.50. The topological polar surface area (TPSA) is 142 Å². The first-order chi connectivity index (χ1) is 14.9. The molecule has 10 heteroatoms. The van der Waals surface area contributed by atoms with Gasteiger partial charge in [-0.2, -0.15) is 0 Å². The predicted octanol–water partition coefficient (Wildman–Crippen LogP) is 3.94. The zero-order valence-electron chi connectivity index (χ0n) is 18.1. The van der Waals surface area contributed by atoms with Gasteiger partial charge >= 0.3 is 5.97 Å². The number of nitrogen functional groups attached to an aromatic ring is 1. The average molecular weight is 437 g/mol. The van der Waals surface area contributed by atoms with Gasteiger partial charge in [0.2, 0.25) is 11.9 Å². The average Bonchev–Trinajstić information content (AvgIpc) is 3.08. The molecule has 2 aromatic carbocycles. The van der Waals surface area contributed by atoms with Crippen LogP contribution in [-0.4, -0.2) is 32.0 Å². The monoisotopic (exact) mass is 437 g/mol. The summed E-state index contributed by atoms with van der Waals surface area (Å²) in [5.41, 5.74) is 7.30. The number of nitrogens with one attached hydrogen (secondary N) is 1. The van der Waals surface area contributed by atoms with Gasteiger partial charge in [-0.25, -0.2) is 9.78 Å². The van der Waals surface area contributed by atoms with Crippen LogP contribution in [0.2, 0.25) is 0 Å². The van der Waals surface area contributed by atoms with E-state index in [0.717, 1.165) is 0 Å². The number of non-ortho nitro benzene ring substituents is 1. The molecule has 32 heavy (non-hydrogen) atoms. The fourth-order valence-electron chi connectivity index (χ4n) is 3.00. The van der Waals surface area contributed by atoms with E-state index in [1.54, 1.807) is 45.2 Å². The Kier molecular flexibility index (Phi) is 5.97. The van der Waals surface area contributed by atoms with Crippen LogP contribution in [0.15, 0.2) is 48.7 Å². The number of carbonyl (C=O) groups excluding carboxylic acids is 2. The van der Waals surface area contributed by atoms with Crippen LogP contribution in [0, 0.1) is 10.1 Å². The molecule has 0 aliphatic heterocycles. The van der Waals surface area contributed by atoms with Gasteiger partial charge in [-0.3, -0.25) is 19.5 Å². The van der Waals surface area contributed by atoms with Crippen molar-refractivity contribution >= 4 is 29.2 Å². The third-order valence-corrected chi connectivity index (χ3v) is 4.29. The molecule has 0 radical (unpaired) electrons. The summed E-state index contributed by atoms with van der Waals surface area (Å²) in [7, 11) is 0. The van der Waals surface area contributed by atoms with Crippen molar-refractivity contribution in [2.45, 2.75) is 33.3 Å². The van der Waals surface area contributed by atoms with Crippen molar-refractivity contribution in [3.63, 3.8) is 0 Å². The molecule has 0 spiro atoms. The summed E-state index contributed by atoms with van der Waals surface area (Å²) in [5.74, 6) is -0.779. The van der Waals surface area contributed by atoms with E-state index < -0.39 is 16.5 Å². The Balaban J connectivity index is 2.10. The number of nitro benzene ring substituents is 1. The Hall–Kier alpha value is -4.21. The molecule has 0 saturated carbocycles. The molecule has 0 unspecified atom stereocenters. The largest absolute Gasteiger partial charge is 0.456 e.